The molecule has 0 spiro atoms. The molecule has 0 radical (unpaired) electrons. The Morgan fingerprint density at radius 2 is 1.70 bits per heavy atom. The molecular weight excluding hydrogens is 438 g/mol. The highest BCUT2D eigenvalue weighted by molar-refractivity contribution is 6.30. The lowest BCUT2D eigenvalue weighted by atomic mass is 9.57. The molecule has 6 heteroatoms. The number of ether oxygens (including phenoxy) is 2. The highest BCUT2D eigenvalue weighted by Crippen LogP contribution is 2.55. The molecule has 1 fully saturated rings. The average molecular weight is 468 g/mol. The molecule has 33 heavy (non-hydrogen) atoms. The molecule has 0 saturated heterocycles. The number of hydrogen-bond acceptors (Lipinski definition) is 4. The van der Waals surface area contributed by atoms with E-state index in [0.29, 0.717) is 30.7 Å². The molecule has 2 aromatic carbocycles. The van der Waals surface area contributed by atoms with E-state index in [-0.39, 0.29) is 12.6 Å². The van der Waals surface area contributed by atoms with Crippen LogP contribution >= 0.6 is 11.6 Å². The third kappa shape index (κ3) is 5.09. The van der Waals surface area contributed by atoms with Crippen LogP contribution in [0.15, 0.2) is 60.7 Å². The zero-order valence-electron chi connectivity index (χ0n) is 19.3. The lowest BCUT2D eigenvalue weighted by molar-refractivity contribution is -0.167. The second-order valence-corrected chi connectivity index (χ2v) is 10.4. The van der Waals surface area contributed by atoms with Crippen molar-refractivity contribution in [1.82, 2.24) is 5.32 Å². The topological polar surface area (TPSA) is 64.6 Å². The summed E-state index contributed by atoms with van der Waals surface area (Å²) in [6, 6.07) is 17.1. The number of fused-ring (bicyclic) bond motifs is 2. The van der Waals surface area contributed by atoms with Crippen molar-refractivity contribution in [2.24, 2.45) is 5.41 Å². The minimum absolute atomic E-state index is 0.195. The van der Waals surface area contributed by atoms with Crippen molar-refractivity contribution in [3.05, 3.63) is 76.8 Å². The number of hydrogen-bond donors (Lipinski definition) is 1. The molecule has 174 valence electrons. The molecule has 0 aliphatic heterocycles. The van der Waals surface area contributed by atoms with Crippen molar-refractivity contribution in [3.8, 4) is 0 Å². The second kappa shape index (κ2) is 8.86. The van der Waals surface area contributed by atoms with E-state index < -0.39 is 22.6 Å². The maximum absolute atomic E-state index is 13.2. The molecule has 1 amide bonds. The number of halogens is 1. The number of carbonyl (C=O) groups excluding carboxylic acids is 2. The lowest BCUT2D eigenvalue weighted by Gasteiger charge is -2.51. The highest BCUT2D eigenvalue weighted by atomic mass is 35.5. The quantitative estimate of drug-likeness (QED) is 0.524. The van der Waals surface area contributed by atoms with Gasteiger partial charge >= 0.3 is 12.1 Å². The third-order valence-corrected chi connectivity index (χ3v) is 6.66. The fraction of sp³-hybridized carbons (Fsp3) is 0.407. The molecule has 2 bridgehead atoms. The van der Waals surface area contributed by atoms with Gasteiger partial charge in [-0.1, -0.05) is 60.1 Å². The predicted molar refractivity (Wildman–Crippen MR) is 129 cm³/mol. The van der Waals surface area contributed by atoms with Gasteiger partial charge in [0, 0.05) is 5.02 Å². The molecule has 5 nitrogen and oxygen atoms in total. The van der Waals surface area contributed by atoms with Crippen LogP contribution in [0, 0.1) is 5.41 Å². The van der Waals surface area contributed by atoms with Crippen LogP contribution in [0.25, 0.3) is 5.57 Å². The Morgan fingerprint density at radius 3 is 2.33 bits per heavy atom. The van der Waals surface area contributed by atoms with Gasteiger partial charge in [0.15, 0.2) is 0 Å². The number of amides is 1. The summed E-state index contributed by atoms with van der Waals surface area (Å²) in [5.74, 6) is -0.213. The summed E-state index contributed by atoms with van der Waals surface area (Å²) >= 11 is 6.29. The fourth-order valence-electron chi connectivity index (χ4n) is 4.76. The second-order valence-electron chi connectivity index (χ2n) is 10.00. The maximum Gasteiger partial charge on any atom is 0.408 e. The lowest BCUT2D eigenvalue weighted by Crippen LogP contribution is -2.58. The number of esters is 1. The summed E-state index contributed by atoms with van der Waals surface area (Å²) in [5.41, 5.74) is 0.807. The predicted octanol–water partition coefficient (Wildman–Crippen LogP) is 6.30. The number of alkyl carbamates (subject to hydrolysis) is 1. The van der Waals surface area contributed by atoms with Crippen molar-refractivity contribution in [2.45, 2.75) is 64.2 Å². The first-order valence-electron chi connectivity index (χ1n) is 11.3. The number of rotatable bonds is 5. The first-order chi connectivity index (χ1) is 15.6. The van der Waals surface area contributed by atoms with E-state index in [0.717, 1.165) is 16.7 Å². The summed E-state index contributed by atoms with van der Waals surface area (Å²) in [5, 5.41) is 3.74. The number of carbonyl (C=O) groups is 2. The van der Waals surface area contributed by atoms with Crippen LogP contribution in [0.1, 0.15) is 57.6 Å². The molecule has 3 aliphatic carbocycles. The van der Waals surface area contributed by atoms with Crippen LogP contribution < -0.4 is 5.32 Å². The molecule has 2 aromatic rings. The average Bonchev–Trinajstić information content (AvgIpc) is 2.78. The summed E-state index contributed by atoms with van der Waals surface area (Å²) in [7, 11) is 0. The van der Waals surface area contributed by atoms with E-state index >= 15 is 0 Å². The molecule has 0 unspecified atom stereocenters. The van der Waals surface area contributed by atoms with Crippen molar-refractivity contribution in [2.75, 3.05) is 0 Å². The Hall–Kier alpha value is -2.79. The van der Waals surface area contributed by atoms with Gasteiger partial charge in [-0.25, -0.2) is 4.79 Å². The van der Waals surface area contributed by atoms with E-state index in [2.05, 4.69) is 5.32 Å². The third-order valence-electron chi connectivity index (χ3n) is 6.43. The van der Waals surface area contributed by atoms with Gasteiger partial charge in [0.2, 0.25) is 0 Å². The van der Waals surface area contributed by atoms with Gasteiger partial charge < -0.3 is 14.8 Å². The monoisotopic (exact) mass is 467 g/mol. The van der Waals surface area contributed by atoms with Crippen molar-refractivity contribution in [3.63, 3.8) is 0 Å². The molecule has 0 atom stereocenters. The van der Waals surface area contributed by atoms with Crippen LogP contribution in [-0.4, -0.2) is 23.2 Å². The van der Waals surface area contributed by atoms with Gasteiger partial charge in [-0.2, -0.15) is 0 Å². The fourth-order valence-corrected chi connectivity index (χ4v) is 4.95. The van der Waals surface area contributed by atoms with Gasteiger partial charge in [-0.3, -0.25) is 4.79 Å². The molecule has 1 saturated carbocycles. The number of nitrogens with one attached hydrogen (secondary N) is 1. The summed E-state index contributed by atoms with van der Waals surface area (Å²) in [6.45, 7) is 5.83. The van der Waals surface area contributed by atoms with Gasteiger partial charge in [0.05, 0.1) is 11.0 Å². The van der Waals surface area contributed by atoms with Crippen molar-refractivity contribution >= 4 is 29.2 Å². The Morgan fingerprint density at radius 1 is 1.00 bits per heavy atom. The van der Waals surface area contributed by atoms with Crippen LogP contribution in [0.2, 0.25) is 5.02 Å². The van der Waals surface area contributed by atoms with Crippen LogP contribution in [0.3, 0.4) is 0 Å². The summed E-state index contributed by atoms with van der Waals surface area (Å²) < 4.78 is 11.3. The van der Waals surface area contributed by atoms with Gasteiger partial charge in [0.25, 0.3) is 0 Å². The molecule has 3 aliphatic rings. The van der Waals surface area contributed by atoms with Crippen LogP contribution in [0.4, 0.5) is 4.79 Å². The maximum atomic E-state index is 13.2. The number of benzene rings is 2. The normalized spacial score (nSPS) is 24.1. The van der Waals surface area contributed by atoms with Crippen LogP contribution in [0.5, 0.6) is 0 Å². The van der Waals surface area contributed by atoms with E-state index in [1.54, 1.807) is 0 Å². The Labute approximate surface area is 200 Å². The zero-order valence-corrected chi connectivity index (χ0v) is 20.1. The molecule has 5 rings (SSSR count). The Kier molecular flexibility index (Phi) is 6.28. The minimum Gasteiger partial charge on any atom is -0.459 e. The summed E-state index contributed by atoms with van der Waals surface area (Å²) in [4.78, 5) is 26.0. The van der Waals surface area contributed by atoms with E-state index in [1.165, 1.54) is 0 Å². The van der Waals surface area contributed by atoms with Gasteiger partial charge in [-0.05, 0) is 75.3 Å². The molecule has 0 heterocycles. The van der Waals surface area contributed by atoms with Crippen molar-refractivity contribution in [1.29, 1.82) is 0 Å². The zero-order chi connectivity index (χ0) is 23.7. The molecule has 0 aromatic heterocycles. The Balaban J connectivity index is 1.62. The smallest absolute Gasteiger partial charge is 0.408 e. The van der Waals surface area contributed by atoms with Gasteiger partial charge in [0.1, 0.15) is 12.2 Å². The minimum atomic E-state index is -0.706. The first kappa shape index (κ1) is 23.4. The van der Waals surface area contributed by atoms with E-state index in [1.807, 2.05) is 81.4 Å². The van der Waals surface area contributed by atoms with Crippen molar-refractivity contribution < 1.29 is 19.1 Å². The van der Waals surface area contributed by atoms with Gasteiger partial charge in [-0.15, -0.1) is 0 Å². The first-order valence-corrected chi connectivity index (χ1v) is 11.7. The molecular formula is C27H30ClNO4. The molecule has 1 N–H and O–H groups in total. The highest BCUT2D eigenvalue weighted by Gasteiger charge is 2.55. The van der Waals surface area contributed by atoms with E-state index in [4.69, 9.17) is 21.1 Å². The van der Waals surface area contributed by atoms with E-state index in [9.17, 15) is 9.59 Å². The summed E-state index contributed by atoms with van der Waals surface area (Å²) in [6.07, 6.45) is 3.96. The SMILES string of the molecule is CC(C)(C)OC(=O)C12C=C(c3cccc(Cl)c3)C(NC(=O)OCc3ccccc3)(CC1)CC2. The largest absolute Gasteiger partial charge is 0.459 e. The van der Waals surface area contributed by atoms with Crippen LogP contribution in [-0.2, 0) is 20.9 Å². The Bertz CT molecular complexity index is 1060. The standard InChI is InChI=1S/C27H30ClNO4/c1-25(2,3)33-23(30)26-12-14-27(15-13-26,22(17-26)20-10-7-11-21(28)16-20)29-24(31)32-18-19-8-5-4-6-9-19/h4-11,16-17H,12-15,18H2,1-3H3,(H,29,31).